The second-order valence-electron chi connectivity index (χ2n) is 7.78. The van der Waals surface area contributed by atoms with Gasteiger partial charge in [0.05, 0.1) is 16.8 Å². The Hall–Kier alpha value is -2.75. The molecule has 4 nitrogen and oxygen atoms in total. The monoisotopic (exact) mass is 357 g/mol. The van der Waals surface area contributed by atoms with Crippen molar-refractivity contribution in [2.24, 2.45) is 0 Å². The lowest BCUT2D eigenvalue weighted by Crippen LogP contribution is -2.05. The van der Waals surface area contributed by atoms with Crippen molar-refractivity contribution in [2.75, 3.05) is 0 Å². The number of pyridine rings is 1. The SMILES string of the molecule is CC(C)c1nc(C2CCCC2)c2c(n1)oc1c(-c3ccccn3)cccc12. The molecule has 1 fully saturated rings. The van der Waals surface area contributed by atoms with Crippen molar-refractivity contribution in [1.29, 1.82) is 0 Å². The number of hydrogen-bond donors (Lipinski definition) is 0. The molecule has 0 aliphatic heterocycles. The van der Waals surface area contributed by atoms with E-state index in [-0.39, 0.29) is 5.92 Å². The van der Waals surface area contributed by atoms with E-state index in [9.17, 15) is 0 Å². The highest BCUT2D eigenvalue weighted by molar-refractivity contribution is 6.09. The summed E-state index contributed by atoms with van der Waals surface area (Å²) in [7, 11) is 0. The molecule has 1 aliphatic carbocycles. The smallest absolute Gasteiger partial charge is 0.230 e. The highest BCUT2D eigenvalue weighted by atomic mass is 16.3. The van der Waals surface area contributed by atoms with Crippen LogP contribution in [-0.4, -0.2) is 15.0 Å². The standard InChI is InChI=1S/C23H23N3O/c1-14(2)22-25-20(15-8-3-4-9-15)19-17-11-7-10-16(18-12-5-6-13-24-18)21(17)27-23(19)26-22/h5-7,10-15H,3-4,8-9H2,1-2H3. The van der Waals surface area contributed by atoms with Gasteiger partial charge in [-0.3, -0.25) is 4.98 Å². The molecule has 27 heavy (non-hydrogen) atoms. The van der Waals surface area contributed by atoms with Crippen LogP contribution in [0.5, 0.6) is 0 Å². The summed E-state index contributed by atoms with van der Waals surface area (Å²) in [5.41, 5.74) is 4.68. The van der Waals surface area contributed by atoms with Crippen LogP contribution in [0.2, 0.25) is 0 Å². The summed E-state index contributed by atoms with van der Waals surface area (Å²) in [6.07, 6.45) is 6.79. The van der Waals surface area contributed by atoms with Crippen LogP contribution in [0, 0.1) is 0 Å². The van der Waals surface area contributed by atoms with Gasteiger partial charge in [0, 0.05) is 29.0 Å². The van der Waals surface area contributed by atoms with Crippen LogP contribution in [0.3, 0.4) is 0 Å². The third kappa shape index (κ3) is 2.71. The van der Waals surface area contributed by atoms with Crippen LogP contribution in [0.25, 0.3) is 33.3 Å². The number of rotatable bonds is 3. The fourth-order valence-electron chi connectivity index (χ4n) is 4.22. The van der Waals surface area contributed by atoms with E-state index < -0.39 is 0 Å². The second-order valence-corrected chi connectivity index (χ2v) is 7.78. The van der Waals surface area contributed by atoms with E-state index in [0.29, 0.717) is 11.6 Å². The van der Waals surface area contributed by atoms with Gasteiger partial charge in [-0.1, -0.05) is 44.9 Å². The molecule has 0 unspecified atom stereocenters. The minimum absolute atomic E-state index is 0.276. The molecule has 0 radical (unpaired) electrons. The molecular formula is C23H23N3O. The average Bonchev–Trinajstić information content (AvgIpc) is 3.35. The zero-order valence-corrected chi connectivity index (χ0v) is 15.8. The number of para-hydroxylation sites is 1. The Kier molecular flexibility index (Phi) is 3.92. The lowest BCUT2D eigenvalue weighted by atomic mass is 9.98. The van der Waals surface area contributed by atoms with Crippen molar-refractivity contribution in [2.45, 2.75) is 51.4 Å². The summed E-state index contributed by atoms with van der Waals surface area (Å²) in [6.45, 7) is 4.28. The van der Waals surface area contributed by atoms with Crippen LogP contribution in [0.15, 0.2) is 47.0 Å². The van der Waals surface area contributed by atoms with Gasteiger partial charge in [0.25, 0.3) is 0 Å². The molecule has 0 spiro atoms. The highest BCUT2D eigenvalue weighted by Gasteiger charge is 2.26. The van der Waals surface area contributed by atoms with Crippen molar-refractivity contribution in [1.82, 2.24) is 15.0 Å². The molecule has 0 N–H and O–H groups in total. The van der Waals surface area contributed by atoms with E-state index in [1.165, 1.54) is 31.4 Å². The van der Waals surface area contributed by atoms with E-state index in [1.54, 1.807) is 0 Å². The van der Waals surface area contributed by atoms with E-state index in [1.807, 2.05) is 24.4 Å². The van der Waals surface area contributed by atoms with Gasteiger partial charge in [-0.25, -0.2) is 4.98 Å². The molecule has 0 saturated heterocycles. The fraction of sp³-hybridized carbons (Fsp3) is 0.348. The van der Waals surface area contributed by atoms with Crippen LogP contribution < -0.4 is 0 Å². The first-order valence-corrected chi connectivity index (χ1v) is 9.87. The maximum Gasteiger partial charge on any atom is 0.230 e. The molecule has 136 valence electrons. The Morgan fingerprint density at radius 1 is 1.00 bits per heavy atom. The number of nitrogens with zero attached hydrogens (tertiary/aromatic N) is 3. The van der Waals surface area contributed by atoms with E-state index in [0.717, 1.165) is 33.4 Å². The number of fused-ring (bicyclic) bond motifs is 3. The zero-order valence-electron chi connectivity index (χ0n) is 15.8. The van der Waals surface area contributed by atoms with E-state index in [2.05, 4.69) is 37.0 Å². The number of benzene rings is 1. The maximum atomic E-state index is 6.34. The topological polar surface area (TPSA) is 51.8 Å². The van der Waals surface area contributed by atoms with Gasteiger partial charge in [0.2, 0.25) is 5.71 Å². The highest BCUT2D eigenvalue weighted by Crippen LogP contribution is 2.42. The summed E-state index contributed by atoms with van der Waals surface area (Å²) in [6, 6.07) is 12.2. The first-order chi connectivity index (χ1) is 13.2. The van der Waals surface area contributed by atoms with Crippen LogP contribution in [-0.2, 0) is 0 Å². The maximum absolute atomic E-state index is 6.34. The Bertz CT molecular complexity index is 1110. The number of aromatic nitrogens is 3. The normalized spacial score (nSPS) is 15.4. The van der Waals surface area contributed by atoms with Gasteiger partial charge in [-0.05, 0) is 31.0 Å². The van der Waals surface area contributed by atoms with Crippen molar-refractivity contribution in [3.8, 4) is 11.3 Å². The molecule has 1 aromatic carbocycles. The molecule has 1 aliphatic rings. The summed E-state index contributed by atoms with van der Waals surface area (Å²) in [5, 5.41) is 2.20. The predicted octanol–water partition coefficient (Wildman–Crippen LogP) is 6.22. The van der Waals surface area contributed by atoms with Crippen molar-refractivity contribution in [3.63, 3.8) is 0 Å². The summed E-state index contributed by atoms with van der Waals surface area (Å²) in [5.74, 6) is 1.66. The molecule has 4 aromatic rings. The van der Waals surface area contributed by atoms with E-state index in [4.69, 9.17) is 14.4 Å². The van der Waals surface area contributed by atoms with Gasteiger partial charge in [0.15, 0.2) is 0 Å². The lowest BCUT2D eigenvalue weighted by molar-refractivity contribution is 0.631. The molecule has 4 heteroatoms. The quantitative estimate of drug-likeness (QED) is 0.437. The summed E-state index contributed by atoms with van der Waals surface area (Å²) >= 11 is 0. The lowest BCUT2D eigenvalue weighted by Gasteiger charge is -2.12. The summed E-state index contributed by atoms with van der Waals surface area (Å²) < 4.78 is 6.34. The van der Waals surface area contributed by atoms with Crippen molar-refractivity contribution < 1.29 is 4.42 Å². The van der Waals surface area contributed by atoms with Crippen molar-refractivity contribution in [3.05, 3.63) is 54.1 Å². The van der Waals surface area contributed by atoms with Gasteiger partial charge >= 0.3 is 0 Å². The Morgan fingerprint density at radius 2 is 1.85 bits per heavy atom. The summed E-state index contributed by atoms with van der Waals surface area (Å²) in [4.78, 5) is 14.3. The fourth-order valence-corrected chi connectivity index (χ4v) is 4.22. The minimum atomic E-state index is 0.276. The van der Waals surface area contributed by atoms with Crippen LogP contribution in [0.4, 0.5) is 0 Å². The molecule has 0 amide bonds. The molecule has 5 rings (SSSR count). The minimum Gasteiger partial charge on any atom is -0.437 e. The molecule has 1 saturated carbocycles. The van der Waals surface area contributed by atoms with Gasteiger partial charge in [0.1, 0.15) is 11.4 Å². The molecule has 3 heterocycles. The van der Waals surface area contributed by atoms with Gasteiger partial charge in [-0.2, -0.15) is 4.98 Å². The van der Waals surface area contributed by atoms with Crippen LogP contribution >= 0.6 is 0 Å². The first-order valence-electron chi connectivity index (χ1n) is 9.87. The second kappa shape index (κ2) is 6.45. The van der Waals surface area contributed by atoms with Gasteiger partial charge < -0.3 is 4.42 Å². The van der Waals surface area contributed by atoms with Gasteiger partial charge in [-0.15, -0.1) is 0 Å². The predicted molar refractivity (Wildman–Crippen MR) is 108 cm³/mol. The van der Waals surface area contributed by atoms with Crippen molar-refractivity contribution >= 4 is 22.1 Å². The molecule has 0 atom stereocenters. The zero-order chi connectivity index (χ0) is 18.4. The molecule has 3 aromatic heterocycles. The Labute approximate surface area is 158 Å². The Morgan fingerprint density at radius 3 is 2.59 bits per heavy atom. The number of hydrogen-bond acceptors (Lipinski definition) is 4. The molecular weight excluding hydrogens is 334 g/mol. The van der Waals surface area contributed by atoms with Crippen LogP contribution in [0.1, 0.15) is 62.9 Å². The third-order valence-electron chi connectivity index (χ3n) is 5.60. The average molecular weight is 357 g/mol. The number of furan rings is 1. The first kappa shape index (κ1) is 16.4. The third-order valence-corrected chi connectivity index (χ3v) is 5.60. The Balaban J connectivity index is 1.83. The largest absolute Gasteiger partial charge is 0.437 e. The molecule has 0 bridgehead atoms. The van der Waals surface area contributed by atoms with E-state index >= 15 is 0 Å².